The molecule has 2 aromatic heterocycles. The zero-order valence-corrected chi connectivity index (χ0v) is 14.9. The molecule has 3 aromatic rings. The number of fused-ring (bicyclic) bond motifs is 1. The minimum absolute atomic E-state index is 0.104. The van der Waals surface area contributed by atoms with Crippen molar-refractivity contribution in [2.24, 2.45) is 5.41 Å². The summed E-state index contributed by atoms with van der Waals surface area (Å²) in [5.41, 5.74) is 2.30. The zero-order chi connectivity index (χ0) is 18.0. The average molecular weight is 349 g/mol. The Morgan fingerprint density at radius 2 is 2.08 bits per heavy atom. The second-order valence-corrected chi connectivity index (χ2v) is 7.24. The summed E-state index contributed by atoms with van der Waals surface area (Å²) in [4.78, 5) is 17.1. The van der Waals surface area contributed by atoms with E-state index in [1.807, 2.05) is 59.3 Å². The third-order valence-electron chi connectivity index (χ3n) is 5.15. The van der Waals surface area contributed by atoms with Gasteiger partial charge in [0.25, 0.3) is 0 Å². The minimum Gasteiger partial charge on any atom is -0.487 e. The smallest absolute Gasteiger partial charge is 0.230 e. The van der Waals surface area contributed by atoms with Gasteiger partial charge in [0.05, 0.1) is 5.69 Å². The van der Waals surface area contributed by atoms with Crippen LogP contribution in [-0.4, -0.2) is 15.3 Å². The van der Waals surface area contributed by atoms with Crippen LogP contribution in [-0.2, 0) is 11.4 Å². The Kier molecular flexibility index (Phi) is 4.37. The summed E-state index contributed by atoms with van der Waals surface area (Å²) in [6.07, 6.45) is 8.11. The molecule has 4 rings (SSSR count). The highest BCUT2D eigenvalue weighted by molar-refractivity contribution is 5.95. The van der Waals surface area contributed by atoms with Gasteiger partial charge in [0.15, 0.2) is 0 Å². The molecule has 0 bridgehead atoms. The van der Waals surface area contributed by atoms with E-state index in [9.17, 15) is 4.79 Å². The van der Waals surface area contributed by atoms with Crippen LogP contribution in [0.5, 0.6) is 5.75 Å². The van der Waals surface area contributed by atoms with Gasteiger partial charge in [-0.05, 0) is 37.1 Å². The van der Waals surface area contributed by atoms with Gasteiger partial charge in [0.2, 0.25) is 5.91 Å². The van der Waals surface area contributed by atoms with E-state index in [1.54, 1.807) is 0 Å². The molecule has 0 aliphatic heterocycles. The number of hydrogen-bond acceptors (Lipinski definition) is 3. The lowest BCUT2D eigenvalue weighted by molar-refractivity contribution is -0.124. The lowest BCUT2D eigenvalue weighted by Crippen LogP contribution is -2.30. The number of nitrogens with one attached hydrogen (secondary N) is 1. The van der Waals surface area contributed by atoms with Gasteiger partial charge in [0.1, 0.15) is 18.0 Å². The summed E-state index contributed by atoms with van der Waals surface area (Å²) in [6, 6.07) is 13.4. The van der Waals surface area contributed by atoms with Crippen LogP contribution in [0.1, 0.15) is 38.3 Å². The number of nitrogens with zero attached hydrogens (tertiary/aromatic N) is 2. The van der Waals surface area contributed by atoms with Gasteiger partial charge in [-0.25, -0.2) is 4.98 Å². The SMILES string of the molecule is CC1(C(=O)Nc2cccc(OCc3cn4ccccc4n3)c2)CCCC1. The lowest BCUT2D eigenvalue weighted by atomic mass is 9.88. The Balaban J connectivity index is 1.41. The third kappa shape index (κ3) is 3.43. The molecular formula is C21H23N3O2. The van der Waals surface area contributed by atoms with Gasteiger partial charge >= 0.3 is 0 Å². The van der Waals surface area contributed by atoms with Crippen LogP contribution in [0.15, 0.2) is 54.9 Å². The Hall–Kier alpha value is -2.82. The Labute approximate surface area is 153 Å². The third-order valence-corrected chi connectivity index (χ3v) is 5.15. The second kappa shape index (κ2) is 6.83. The maximum atomic E-state index is 12.6. The molecule has 5 nitrogen and oxygen atoms in total. The van der Waals surface area contributed by atoms with E-state index < -0.39 is 0 Å². The van der Waals surface area contributed by atoms with Crippen molar-refractivity contribution in [3.63, 3.8) is 0 Å². The fourth-order valence-electron chi connectivity index (χ4n) is 3.54. The maximum Gasteiger partial charge on any atom is 0.230 e. The molecule has 134 valence electrons. The zero-order valence-electron chi connectivity index (χ0n) is 14.9. The fourth-order valence-corrected chi connectivity index (χ4v) is 3.54. The molecule has 0 unspecified atom stereocenters. The van der Waals surface area contributed by atoms with Crippen molar-refractivity contribution in [2.45, 2.75) is 39.2 Å². The molecule has 1 aliphatic carbocycles. The first-order valence-corrected chi connectivity index (χ1v) is 9.09. The van der Waals surface area contributed by atoms with E-state index in [1.165, 1.54) is 0 Å². The highest BCUT2D eigenvalue weighted by Gasteiger charge is 2.36. The molecule has 1 aromatic carbocycles. The summed E-state index contributed by atoms with van der Waals surface area (Å²) in [6.45, 7) is 2.44. The van der Waals surface area contributed by atoms with E-state index in [-0.39, 0.29) is 11.3 Å². The van der Waals surface area contributed by atoms with E-state index in [0.717, 1.165) is 48.5 Å². The van der Waals surface area contributed by atoms with Gasteiger partial charge in [-0.2, -0.15) is 0 Å². The number of ether oxygens (including phenoxy) is 1. The molecule has 5 heteroatoms. The van der Waals surface area contributed by atoms with Gasteiger partial charge in [-0.3, -0.25) is 4.79 Å². The summed E-state index contributed by atoms with van der Waals surface area (Å²) >= 11 is 0. The van der Waals surface area contributed by atoms with Gasteiger partial charge in [-0.15, -0.1) is 0 Å². The van der Waals surface area contributed by atoms with Crippen molar-refractivity contribution in [2.75, 3.05) is 5.32 Å². The van der Waals surface area contributed by atoms with Crippen molar-refractivity contribution in [1.82, 2.24) is 9.38 Å². The molecular weight excluding hydrogens is 326 g/mol. The standard InChI is InChI=1S/C21H23N3O2/c1-21(10-3-4-11-21)20(25)23-16-7-6-8-18(13-16)26-15-17-14-24-12-5-2-9-19(24)22-17/h2,5-9,12-14H,3-4,10-11,15H2,1H3,(H,23,25). The van der Waals surface area contributed by atoms with Crippen LogP contribution in [0.2, 0.25) is 0 Å². The van der Waals surface area contributed by atoms with E-state index in [0.29, 0.717) is 6.61 Å². The van der Waals surface area contributed by atoms with Crippen molar-refractivity contribution >= 4 is 17.2 Å². The molecule has 1 fully saturated rings. The molecule has 1 saturated carbocycles. The van der Waals surface area contributed by atoms with Crippen LogP contribution < -0.4 is 10.1 Å². The number of aromatic nitrogens is 2. The molecule has 0 atom stereocenters. The number of rotatable bonds is 5. The summed E-state index contributed by atoms with van der Waals surface area (Å²) in [5, 5.41) is 3.05. The highest BCUT2D eigenvalue weighted by Crippen LogP contribution is 2.38. The Morgan fingerprint density at radius 1 is 1.23 bits per heavy atom. The van der Waals surface area contributed by atoms with Crippen molar-refractivity contribution in [3.8, 4) is 5.75 Å². The predicted molar refractivity (Wildman–Crippen MR) is 101 cm³/mol. The maximum absolute atomic E-state index is 12.6. The van der Waals surface area contributed by atoms with Crippen LogP contribution in [0.4, 0.5) is 5.69 Å². The van der Waals surface area contributed by atoms with Crippen molar-refractivity contribution in [1.29, 1.82) is 0 Å². The number of hydrogen-bond donors (Lipinski definition) is 1. The molecule has 0 radical (unpaired) electrons. The minimum atomic E-state index is -0.243. The fraction of sp³-hybridized carbons (Fsp3) is 0.333. The average Bonchev–Trinajstić information content (AvgIpc) is 3.27. The molecule has 2 heterocycles. The topological polar surface area (TPSA) is 55.6 Å². The normalized spacial score (nSPS) is 15.9. The van der Waals surface area contributed by atoms with Crippen LogP contribution >= 0.6 is 0 Å². The van der Waals surface area contributed by atoms with Crippen molar-refractivity contribution < 1.29 is 9.53 Å². The predicted octanol–water partition coefficient (Wildman–Crippen LogP) is 4.43. The number of carbonyl (C=O) groups is 1. The Bertz CT molecular complexity index is 893. The number of imidazole rings is 1. The second-order valence-electron chi connectivity index (χ2n) is 7.24. The first kappa shape index (κ1) is 16.6. The van der Waals surface area contributed by atoms with Gasteiger partial charge in [0, 0.05) is 29.6 Å². The van der Waals surface area contributed by atoms with Crippen LogP contribution in [0.3, 0.4) is 0 Å². The van der Waals surface area contributed by atoms with Gasteiger partial charge < -0.3 is 14.5 Å². The quantitative estimate of drug-likeness (QED) is 0.741. The first-order chi connectivity index (χ1) is 12.6. The van der Waals surface area contributed by atoms with Crippen LogP contribution in [0.25, 0.3) is 5.65 Å². The number of carbonyl (C=O) groups excluding carboxylic acids is 1. The van der Waals surface area contributed by atoms with Crippen LogP contribution in [0, 0.1) is 5.41 Å². The number of pyridine rings is 1. The number of amides is 1. The molecule has 0 spiro atoms. The number of anilines is 1. The Morgan fingerprint density at radius 3 is 2.88 bits per heavy atom. The van der Waals surface area contributed by atoms with E-state index >= 15 is 0 Å². The summed E-state index contributed by atoms with van der Waals surface area (Å²) in [5.74, 6) is 0.823. The summed E-state index contributed by atoms with van der Waals surface area (Å²) < 4.78 is 7.84. The molecule has 1 N–H and O–H groups in total. The van der Waals surface area contributed by atoms with E-state index in [2.05, 4.69) is 17.2 Å². The largest absolute Gasteiger partial charge is 0.487 e. The number of benzene rings is 1. The molecule has 26 heavy (non-hydrogen) atoms. The lowest BCUT2D eigenvalue weighted by Gasteiger charge is -2.22. The molecule has 0 saturated heterocycles. The van der Waals surface area contributed by atoms with E-state index in [4.69, 9.17) is 4.74 Å². The highest BCUT2D eigenvalue weighted by atomic mass is 16.5. The monoisotopic (exact) mass is 349 g/mol. The first-order valence-electron chi connectivity index (χ1n) is 9.09. The molecule has 1 amide bonds. The van der Waals surface area contributed by atoms with Gasteiger partial charge in [-0.1, -0.05) is 31.9 Å². The summed E-state index contributed by atoms with van der Waals surface area (Å²) in [7, 11) is 0. The molecule has 1 aliphatic rings. The van der Waals surface area contributed by atoms with Crippen molar-refractivity contribution in [3.05, 3.63) is 60.6 Å².